The fraction of sp³-hybridized carbons (Fsp3) is 0.875. The summed E-state index contributed by atoms with van der Waals surface area (Å²) in [4.78, 5) is 24.9. The summed E-state index contributed by atoms with van der Waals surface area (Å²) in [6, 6.07) is 0.0654. The van der Waals surface area contributed by atoms with Gasteiger partial charge in [-0.05, 0) is 26.2 Å². The minimum atomic E-state index is -0.844. The van der Waals surface area contributed by atoms with Gasteiger partial charge in [-0.1, -0.05) is 39.0 Å². The number of carboxylic acids is 1. The molecule has 0 aromatic rings. The predicted molar refractivity (Wildman–Crippen MR) is 79.5 cm³/mol. The van der Waals surface area contributed by atoms with Crippen molar-refractivity contribution in [3.63, 3.8) is 0 Å². The zero-order valence-corrected chi connectivity index (χ0v) is 13.1. The summed E-state index contributed by atoms with van der Waals surface area (Å²) in [5, 5.41) is 8.79. The zero-order chi connectivity index (χ0) is 15.1. The Labute approximate surface area is 122 Å². The SMILES string of the molecule is CC(CC1CCCCC1)C(=O)N(CCC(=O)O)C(C)C. The highest BCUT2D eigenvalue weighted by atomic mass is 16.4. The number of amides is 1. The van der Waals surface area contributed by atoms with Crippen LogP contribution in [-0.2, 0) is 9.59 Å². The van der Waals surface area contributed by atoms with E-state index in [1.807, 2.05) is 20.8 Å². The predicted octanol–water partition coefficient (Wildman–Crippen LogP) is 3.30. The molecule has 1 rings (SSSR count). The first-order chi connectivity index (χ1) is 9.41. The van der Waals surface area contributed by atoms with E-state index in [2.05, 4.69) is 0 Å². The molecule has 0 aliphatic heterocycles. The lowest BCUT2D eigenvalue weighted by Gasteiger charge is -2.31. The molecule has 1 saturated carbocycles. The second-order valence-electron chi connectivity index (χ2n) is 6.41. The number of hydrogen-bond acceptors (Lipinski definition) is 2. The summed E-state index contributed by atoms with van der Waals surface area (Å²) in [5.74, 6) is -0.0410. The van der Waals surface area contributed by atoms with Crippen molar-refractivity contribution in [1.29, 1.82) is 0 Å². The van der Waals surface area contributed by atoms with Crippen molar-refractivity contribution < 1.29 is 14.7 Å². The number of carboxylic acid groups (broad SMARTS) is 1. The Bertz CT molecular complexity index is 322. The monoisotopic (exact) mass is 283 g/mol. The fourth-order valence-electron chi connectivity index (χ4n) is 3.15. The largest absolute Gasteiger partial charge is 0.481 e. The van der Waals surface area contributed by atoms with E-state index in [4.69, 9.17) is 5.11 Å². The van der Waals surface area contributed by atoms with Gasteiger partial charge in [0, 0.05) is 18.5 Å². The van der Waals surface area contributed by atoms with Gasteiger partial charge in [-0.25, -0.2) is 0 Å². The Hall–Kier alpha value is -1.06. The second-order valence-corrected chi connectivity index (χ2v) is 6.41. The smallest absolute Gasteiger partial charge is 0.305 e. The lowest BCUT2D eigenvalue weighted by Crippen LogP contribution is -2.42. The van der Waals surface area contributed by atoms with Crippen molar-refractivity contribution in [3.8, 4) is 0 Å². The van der Waals surface area contributed by atoms with Crippen LogP contribution in [0.5, 0.6) is 0 Å². The van der Waals surface area contributed by atoms with Crippen LogP contribution in [0.1, 0.15) is 65.7 Å². The molecule has 1 amide bonds. The van der Waals surface area contributed by atoms with Crippen LogP contribution in [0.15, 0.2) is 0 Å². The molecular formula is C16H29NO3. The molecule has 0 bridgehead atoms. The first kappa shape index (κ1) is 17.0. The van der Waals surface area contributed by atoms with Crippen LogP contribution >= 0.6 is 0 Å². The standard InChI is InChI=1S/C16H29NO3/c1-12(2)17(10-9-15(18)19)16(20)13(3)11-14-7-5-4-6-8-14/h12-14H,4-11H2,1-3H3,(H,18,19). The Morgan fingerprint density at radius 1 is 1.15 bits per heavy atom. The van der Waals surface area contributed by atoms with Gasteiger partial charge < -0.3 is 10.0 Å². The molecule has 1 atom stereocenters. The quantitative estimate of drug-likeness (QED) is 0.780. The van der Waals surface area contributed by atoms with Gasteiger partial charge in [0.15, 0.2) is 0 Å². The van der Waals surface area contributed by atoms with Crippen LogP contribution < -0.4 is 0 Å². The van der Waals surface area contributed by atoms with Crippen LogP contribution in [0.4, 0.5) is 0 Å². The van der Waals surface area contributed by atoms with Gasteiger partial charge in [0.1, 0.15) is 0 Å². The van der Waals surface area contributed by atoms with Crippen LogP contribution in [0.25, 0.3) is 0 Å². The van der Waals surface area contributed by atoms with Gasteiger partial charge in [-0.15, -0.1) is 0 Å². The topological polar surface area (TPSA) is 57.6 Å². The summed E-state index contributed by atoms with van der Waals surface area (Å²) in [5.41, 5.74) is 0. The van der Waals surface area contributed by atoms with E-state index in [0.29, 0.717) is 12.5 Å². The molecule has 1 aliphatic rings. The summed E-state index contributed by atoms with van der Waals surface area (Å²) >= 11 is 0. The maximum Gasteiger partial charge on any atom is 0.305 e. The maximum atomic E-state index is 12.5. The molecule has 4 heteroatoms. The van der Waals surface area contributed by atoms with Gasteiger partial charge in [-0.2, -0.15) is 0 Å². The lowest BCUT2D eigenvalue weighted by molar-refractivity contribution is -0.140. The average Bonchev–Trinajstić information content (AvgIpc) is 2.39. The van der Waals surface area contributed by atoms with E-state index >= 15 is 0 Å². The van der Waals surface area contributed by atoms with Crippen LogP contribution in [-0.4, -0.2) is 34.5 Å². The van der Waals surface area contributed by atoms with Gasteiger partial charge in [0.2, 0.25) is 5.91 Å². The number of aliphatic carboxylic acids is 1. The molecule has 4 nitrogen and oxygen atoms in total. The van der Waals surface area contributed by atoms with E-state index in [9.17, 15) is 9.59 Å². The molecule has 0 aromatic heterocycles. The van der Waals surface area contributed by atoms with Crippen LogP contribution in [0.3, 0.4) is 0 Å². The molecular weight excluding hydrogens is 254 g/mol. The van der Waals surface area contributed by atoms with E-state index in [1.54, 1.807) is 4.90 Å². The van der Waals surface area contributed by atoms with E-state index in [1.165, 1.54) is 32.1 Å². The number of rotatable bonds is 7. The summed E-state index contributed by atoms with van der Waals surface area (Å²) in [6.07, 6.45) is 7.38. The first-order valence-electron chi connectivity index (χ1n) is 7.94. The number of carbonyl (C=O) groups is 2. The van der Waals surface area contributed by atoms with Crippen LogP contribution in [0, 0.1) is 11.8 Å². The second kappa shape index (κ2) is 8.28. The third kappa shape index (κ3) is 5.51. The Balaban J connectivity index is 2.51. The summed E-state index contributed by atoms with van der Waals surface area (Å²) < 4.78 is 0. The number of hydrogen-bond donors (Lipinski definition) is 1. The molecule has 0 radical (unpaired) electrons. The lowest BCUT2D eigenvalue weighted by atomic mass is 9.83. The third-order valence-electron chi connectivity index (χ3n) is 4.31. The number of nitrogens with zero attached hydrogens (tertiary/aromatic N) is 1. The molecule has 20 heavy (non-hydrogen) atoms. The van der Waals surface area contributed by atoms with Crippen molar-refractivity contribution in [3.05, 3.63) is 0 Å². The maximum absolute atomic E-state index is 12.5. The highest BCUT2D eigenvalue weighted by Gasteiger charge is 2.26. The summed E-state index contributed by atoms with van der Waals surface area (Å²) in [7, 11) is 0. The average molecular weight is 283 g/mol. The molecule has 0 spiro atoms. The van der Waals surface area contributed by atoms with Gasteiger partial charge >= 0.3 is 5.97 Å². The van der Waals surface area contributed by atoms with Crippen molar-refractivity contribution in [2.24, 2.45) is 11.8 Å². The molecule has 1 N–H and O–H groups in total. The van der Waals surface area contributed by atoms with Crippen molar-refractivity contribution in [2.75, 3.05) is 6.54 Å². The Morgan fingerprint density at radius 3 is 2.25 bits per heavy atom. The first-order valence-corrected chi connectivity index (χ1v) is 7.94. The fourth-order valence-corrected chi connectivity index (χ4v) is 3.15. The summed E-state index contributed by atoms with van der Waals surface area (Å²) in [6.45, 7) is 6.22. The molecule has 1 unspecified atom stereocenters. The molecule has 1 fully saturated rings. The number of carbonyl (C=O) groups excluding carboxylic acids is 1. The molecule has 116 valence electrons. The van der Waals surface area contributed by atoms with Crippen molar-refractivity contribution in [2.45, 2.75) is 71.8 Å². The molecule has 1 aliphatic carbocycles. The molecule has 0 saturated heterocycles. The highest BCUT2D eigenvalue weighted by molar-refractivity contribution is 5.79. The van der Waals surface area contributed by atoms with Gasteiger partial charge in [0.25, 0.3) is 0 Å². The van der Waals surface area contributed by atoms with Crippen molar-refractivity contribution in [1.82, 2.24) is 4.90 Å². The van der Waals surface area contributed by atoms with Crippen molar-refractivity contribution >= 4 is 11.9 Å². The minimum Gasteiger partial charge on any atom is -0.481 e. The van der Waals surface area contributed by atoms with Gasteiger partial charge in [0.05, 0.1) is 6.42 Å². The van der Waals surface area contributed by atoms with E-state index < -0.39 is 5.97 Å². The molecule has 0 aromatic carbocycles. The van der Waals surface area contributed by atoms with E-state index in [0.717, 1.165) is 6.42 Å². The minimum absolute atomic E-state index is 0.00861. The van der Waals surface area contributed by atoms with Crippen LogP contribution in [0.2, 0.25) is 0 Å². The zero-order valence-electron chi connectivity index (χ0n) is 13.1. The molecule has 0 heterocycles. The Kier molecular flexibility index (Phi) is 7.03. The highest BCUT2D eigenvalue weighted by Crippen LogP contribution is 2.29. The van der Waals surface area contributed by atoms with Gasteiger partial charge in [-0.3, -0.25) is 9.59 Å². The Morgan fingerprint density at radius 2 is 1.75 bits per heavy atom. The third-order valence-corrected chi connectivity index (χ3v) is 4.31. The normalized spacial score (nSPS) is 18.0. The van der Waals surface area contributed by atoms with E-state index in [-0.39, 0.29) is 24.3 Å².